The van der Waals surface area contributed by atoms with Gasteiger partial charge in [0, 0.05) is 29.9 Å². The maximum absolute atomic E-state index is 12.5. The highest BCUT2D eigenvalue weighted by Gasteiger charge is 2.31. The van der Waals surface area contributed by atoms with Crippen molar-refractivity contribution in [3.8, 4) is 0 Å². The summed E-state index contributed by atoms with van der Waals surface area (Å²) in [6.45, 7) is 15.6. The molecule has 1 N–H and O–H groups in total. The molecule has 0 saturated heterocycles. The third-order valence-corrected chi connectivity index (χ3v) is 5.32. The molecule has 4 nitrogen and oxygen atoms in total. The number of nitrogens with zero attached hydrogens (tertiary/aromatic N) is 1. The maximum atomic E-state index is 12.5. The number of amides is 1. The molecule has 0 spiro atoms. The highest BCUT2D eigenvalue weighted by molar-refractivity contribution is 7.99. The van der Waals surface area contributed by atoms with Crippen LogP contribution in [0.1, 0.15) is 67.7 Å². The molecule has 23 heavy (non-hydrogen) atoms. The van der Waals surface area contributed by atoms with Crippen molar-refractivity contribution in [2.75, 3.05) is 18.8 Å². The molecule has 0 aromatic carbocycles. The van der Waals surface area contributed by atoms with Crippen molar-refractivity contribution < 1.29 is 9.53 Å². The smallest absolute Gasteiger partial charge is 0.410 e. The minimum absolute atomic E-state index is 0.224. The van der Waals surface area contributed by atoms with Crippen LogP contribution in [-0.2, 0) is 4.74 Å². The quantitative estimate of drug-likeness (QED) is 0.780. The molecule has 1 saturated carbocycles. The summed E-state index contributed by atoms with van der Waals surface area (Å²) < 4.78 is 5.56. The monoisotopic (exact) mass is 344 g/mol. The zero-order valence-electron chi connectivity index (χ0n) is 16.1. The first kappa shape index (κ1) is 20.6. The lowest BCUT2D eigenvalue weighted by Gasteiger charge is -2.37. The number of thioether (sulfide) groups is 1. The predicted octanol–water partition coefficient (Wildman–Crippen LogP) is 4.29. The molecular formula is C18H36N2O2S. The Labute approximate surface area is 147 Å². The molecule has 0 aliphatic heterocycles. The minimum Gasteiger partial charge on any atom is -0.444 e. The molecule has 136 valence electrons. The van der Waals surface area contributed by atoms with Crippen LogP contribution in [0.5, 0.6) is 0 Å². The number of carbonyl (C=O) groups is 1. The van der Waals surface area contributed by atoms with Crippen molar-refractivity contribution >= 4 is 17.9 Å². The summed E-state index contributed by atoms with van der Waals surface area (Å²) in [5.74, 6) is 1.18. The number of hydrogen-bond donors (Lipinski definition) is 1. The lowest BCUT2D eigenvalue weighted by atomic mass is 10.1. The predicted molar refractivity (Wildman–Crippen MR) is 100 cm³/mol. The van der Waals surface area contributed by atoms with E-state index in [-0.39, 0.29) is 11.6 Å². The SMILES string of the molecule is CCSC1CCCC1NCCN(C(=O)OC(C)(C)C)C(C)(C)C. The summed E-state index contributed by atoms with van der Waals surface area (Å²) in [5, 5.41) is 4.39. The van der Waals surface area contributed by atoms with E-state index in [1.807, 2.05) is 25.7 Å². The van der Waals surface area contributed by atoms with E-state index < -0.39 is 5.60 Å². The van der Waals surface area contributed by atoms with Crippen molar-refractivity contribution in [1.29, 1.82) is 0 Å². The molecule has 1 aliphatic carbocycles. The van der Waals surface area contributed by atoms with Gasteiger partial charge in [0.2, 0.25) is 0 Å². The Morgan fingerprint density at radius 3 is 2.39 bits per heavy atom. The summed E-state index contributed by atoms with van der Waals surface area (Å²) in [6, 6.07) is 0.584. The van der Waals surface area contributed by atoms with Crippen LogP contribution in [0.15, 0.2) is 0 Å². The Bertz CT molecular complexity index is 374. The van der Waals surface area contributed by atoms with E-state index in [0.717, 1.165) is 11.8 Å². The van der Waals surface area contributed by atoms with Gasteiger partial charge in [0.25, 0.3) is 0 Å². The summed E-state index contributed by atoms with van der Waals surface area (Å²) >= 11 is 2.06. The van der Waals surface area contributed by atoms with E-state index in [9.17, 15) is 4.79 Å². The van der Waals surface area contributed by atoms with E-state index >= 15 is 0 Å². The van der Waals surface area contributed by atoms with Gasteiger partial charge in [-0.15, -0.1) is 0 Å². The Kier molecular flexibility index (Phi) is 7.72. The van der Waals surface area contributed by atoms with Gasteiger partial charge in [-0.1, -0.05) is 13.3 Å². The van der Waals surface area contributed by atoms with Gasteiger partial charge in [0.1, 0.15) is 5.60 Å². The highest BCUT2D eigenvalue weighted by atomic mass is 32.2. The lowest BCUT2D eigenvalue weighted by Crippen LogP contribution is -2.51. The molecule has 0 bridgehead atoms. The molecule has 2 atom stereocenters. The lowest BCUT2D eigenvalue weighted by molar-refractivity contribution is 0.00649. The van der Waals surface area contributed by atoms with Crippen molar-refractivity contribution in [3.63, 3.8) is 0 Å². The maximum Gasteiger partial charge on any atom is 0.410 e. The fourth-order valence-electron chi connectivity index (χ4n) is 2.95. The number of carbonyl (C=O) groups excluding carboxylic acids is 1. The molecule has 1 amide bonds. The zero-order valence-corrected chi connectivity index (χ0v) is 16.9. The molecule has 0 aromatic heterocycles. The zero-order chi connectivity index (χ0) is 17.7. The average Bonchev–Trinajstić information content (AvgIpc) is 2.78. The average molecular weight is 345 g/mol. The van der Waals surface area contributed by atoms with E-state index in [1.54, 1.807) is 0 Å². The van der Waals surface area contributed by atoms with Gasteiger partial charge in [0.05, 0.1) is 0 Å². The highest BCUT2D eigenvalue weighted by Crippen LogP contribution is 2.29. The third kappa shape index (κ3) is 7.34. The van der Waals surface area contributed by atoms with Gasteiger partial charge in [-0.05, 0) is 60.1 Å². The number of rotatable bonds is 6. The van der Waals surface area contributed by atoms with Gasteiger partial charge < -0.3 is 15.0 Å². The van der Waals surface area contributed by atoms with E-state index in [0.29, 0.717) is 12.6 Å². The van der Waals surface area contributed by atoms with Gasteiger partial charge in [-0.25, -0.2) is 4.79 Å². The molecule has 0 heterocycles. The Morgan fingerprint density at radius 1 is 1.22 bits per heavy atom. The molecular weight excluding hydrogens is 308 g/mol. The summed E-state index contributed by atoms with van der Waals surface area (Å²) in [7, 11) is 0. The molecule has 0 aromatic rings. The third-order valence-electron chi connectivity index (χ3n) is 4.00. The van der Waals surface area contributed by atoms with Crippen molar-refractivity contribution in [3.05, 3.63) is 0 Å². The van der Waals surface area contributed by atoms with Crippen LogP contribution in [-0.4, -0.2) is 52.3 Å². The Hall–Kier alpha value is -0.420. The second-order valence-corrected chi connectivity index (χ2v) is 9.80. The largest absolute Gasteiger partial charge is 0.444 e. The van der Waals surface area contributed by atoms with E-state index in [1.165, 1.54) is 25.0 Å². The molecule has 0 radical (unpaired) electrons. The van der Waals surface area contributed by atoms with Gasteiger partial charge in [-0.2, -0.15) is 11.8 Å². The summed E-state index contributed by atoms with van der Waals surface area (Å²) in [5.41, 5.74) is -0.695. The van der Waals surface area contributed by atoms with Crippen LogP contribution in [0.2, 0.25) is 0 Å². The van der Waals surface area contributed by atoms with Crippen LogP contribution in [0.3, 0.4) is 0 Å². The molecule has 5 heteroatoms. The second kappa shape index (κ2) is 8.61. The fourth-order valence-corrected chi connectivity index (χ4v) is 4.18. The van der Waals surface area contributed by atoms with Crippen LogP contribution >= 0.6 is 11.8 Å². The standard InChI is InChI=1S/C18H36N2O2S/c1-8-23-15-11-9-10-14(15)19-12-13-20(17(2,3)4)16(21)22-18(5,6)7/h14-15,19H,8-13H2,1-7H3. The molecule has 1 rings (SSSR count). The summed E-state index contributed by atoms with van der Waals surface area (Å²) in [6.07, 6.45) is 3.65. The van der Waals surface area contributed by atoms with Crippen molar-refractivity contribution in [2.24, 2.45) is 0 Å². The number of ether oxygens (including phenoxy) is 1. The van der Waals surface area contributed by atoms with Gasteiger partial charge in [-0.3, -0.25) is 0 Å². The van der Waals surface area contributed by atoms with Crippen LogP contribution < -0.4 is 5.32 Å². The Morgan fingerprint density at radius 2 is 1.87 bits per heavy atom. The fraction of sp³-hybridized carbons (Fsp3) is 0.944. The van der Waals surface area contributed by atoms with Crippen molar-refractivity contribution in [1.82, 2.24) is 10.2 Å². The van der Waals surface area contributed by atoms with Crippen LogP contribution in [0, 0.1) is 0 Å². The topological polar surface area (TPSA) is 41.6 Å². The first-order valence-electron chi connectivity index (χ1n) is 8.90. The van der Waals surface area contributed by atoms with E-state index in [4.69, 9.17) is 4.74 Å². The van der Waals surface area contributed by atoms with Gasteiger partial charge >= 0.3 is 6.09 Å². The second-order valence-electron chi connectivity index (χ2n) is 8.29. The van der Waals surface area contributed by atoms with Crippen LogP contribution in [0.4, 0.5) is 4.79 Å². The first-order valence-corrected chi connectivity index (χ1v) is 9.95. The van der Waals surface area contributed by atoms with E-state index in [2.05, 4.69) is 44.8 Å². The number of nitrogens with one attached hydrogen (secondary N) is 1. The minimum atomic E-state index is -0.456. The number of hydrogen-bond acceptors (Lipinski definition) is 4. The Balaban J connectivity index is 2.53. The molecule has 2 unspecified atom stereocenters. The normalized spacial score (nSPS) is 22.2. The summed E-state index contributed by atoms with van der Waals surface area (Å²) in [4.78, 5) is 14.3. The molecule has 1 aliphatic rings. The van der Waals surface area contributed by atoms with Crippen molar-refractivity contribution in [2.45, 2.75) is 90.2 Å². The molecule has 1 fully saturated rings. The first-order chi connectivity index (χ1) is 10.5. The van der Waals surface area contributed by atoms with Gasteiger partial charge in [0.15, 0.2) is 0 Å². The van der Waals surface area contributed by atoms with Crippen LogP contribution in [0.25, 0.3) is 0 Å².